The van der Waals surface area contributed by atoms with Gasteiger partial charge in [-0.2, -0.15) is 0 Å². The first-order valence-corrected chi connectivity index (χ1v) is 30.9. The van der Waals surface area contributed by atoms with Gasteiger partial charge in [0.15, 0.2) is 24.6 Å². The van der Waals surface area contributed by atoms with Gasteiger partial charge in [-0.3, -0.25) is 14.4 Å². The van der Waals surface area contributed by atoms with Crippen LogP contribution < -0.4 is 0 Å². The molecule has 6 atom stereocenters. The van der Waals surface area contributed by atoms with Crippen molar-refractivity contribution < 1.29 is 58.2 Å². The number of carboxylic acid groups (broad SMARTS) is 1. The highest BCUT2D eigenvalue weighted by molar-refractivity contribution is 5.74. The van der Waals surface area contributed by atoms with E-state index < -0.39 is 67.3 Å². The van der Waals surface area contributed by atoms with Crippen molar-refractivity contribution in [3.63, 3.8) is 0 Å². The SMILES string of the molecule is CC/C=C\C/C=C\C/C=C\C/C=C\CCCCC(=O)OC1C(OCC(COC(=O)CCCCCCCC/C=C\C/C=C\C/C=C\CCCCC)OC(=O)CCCCCCC/C=C\C/C=C\CCCCC)OC(C(=O)O)C(O)C1O. The summed E-state index contributed by atoms with van der Waals surface area (Å²) in [6.45, 7) is 5.78. The van der Waals surface area contributed by atoms with Gasteiger partial charge in [0.1, 0.15) is 18.8 Å². The van der Waals surface area contributed by atoms with E-state index in [0.717, 1.165) is 128 Å². The van der Waals surface area contributed by atoms with Gasteiger partial charge in [-0.05, 0) is 128 Å². The third kappa shape index (κ3) is 43.8. The number of carboxylic acids is 1. The average Bonchev–Trinajstić information content (AvgIpc) is 3.44. The summed E-state index contributed by atoms with van der Waals surface area (Å²) in [5.74, 6) is -3.22. The van der Waals surface area contributed by atoms with Gasteiger partial charge in [-0.15, -0.1) is 0 Å². The lowest BCUT2D eigenvalue weighted by molar-refractivity contribution is -0.301. The van der Waals surface area contributed by atoms with Crippen molar-refractivity contribution in [3.05, 3.63) is 109 Å². The van der Waals surface area contributed by atoms with Crippen molar-refractivity contribution in [2.75, 3.05) is 13.2 Å². The summed E-state index contributed by atoms with van der Waals surface area (Å²) < 4.78 is 28.4. The number of carbonyl (C=O) groups is 4. The van der Waals surface area contributed by atoms with E-state index in [0.29, 0.717) is 25.7 Å². The number of carbonyl (C=O) groups excluding carboxylic acids is 3. The summed E-state index contributed by atoms with van der Waals surface area (Å²) >= 11 is 0. The second-order valence-corrected chi connectivity index (χ2v) is 20.6. The predicted octanol–water partition coefficient (Wildman–Crippen LogP) is 16.2. The van der Waals surface area contributed by atoms with E-state index >= 15 is 0 Å². The summed E-state index contributed by atoms with van der Waals surface area (Å²) in [4.78, 5) is 51.2. The Morgan fingerprint density at radius 2 is 0.797 bits per heavy atom. The van der Waals surface area contributed by atoms with Crippen LogP contribution in [0.3, 0.4) is 0 Å². The molecule has 1 aliphatic rings. The van der Waals surface area contributed by atoms with E-state index in [1.165, 1.54) is 44.9 Å². The molecule has 1 aliphatic heterocycles. The Labute approximate surface area is 478 Å². The molecule has 6 unspecified atom stereocenters. The van der Waals surface area contributed by atoms with Crippen molar-refractivity contribution in [1.29, 1.82) is 0 Å². The second-order valence-electron chi connectivity index (χ2n) is 20.6. The number of hydrogen-bond acceptors (Lipinski definition) is 11. The van der Waals surface area contributed by atoms with Crippen LogP contribution in [-0.4, -0.2) is 89.2 Å². The number of aliphatic hydroxyl groups excluding tert-OH is 2. The molecular formula is C67H108O12. The highest BCUT2D eigenvalue weighted by Gasteiger charge is 2.50. The van der Waals surface area contributed by atoms with Crippen LogP contribution in [0.4, 0.5) is 0 Å². The quantitative estimate of drug-likeness (QED) is 0.0228. The Kier molecular flexibility index (Phi) is 49.5. The molecule has 0 radical (unpaired) electrons. The van der Waals surface area contributed by atoms with Gasteiger partial charge in [-0.1, -0.05) is 201 Å². The number of aliphatic hydroxyl groups is 2. The number of aliphatic carboxylic acids is 1. The molecule has 1 saturated heterocycles. The third-order valence-electron chi connectivity index (χ3n) is 13.3. The van der Waals surface area contributed by atoms with Gasteiger partial charge < -0.3 is 39.0 Å². The molecule has 0 aromatic rings. The first kappa shape index (κ1) is 72.4. The van der Waals surface area contributed by atoms with Crippen LogP contribution >= 0.6 is 0 Å². The smallest absolute Gasteiger partial charge is 0.335 e. The Balaban J connectivity index is 2.72. The normalized spacial score (nSPS) is 18.6. The molecule has 0 bridgehead atoms. The maximum absolute atomic E-state index is 13.2. The summed E-state index contributed by atoms with van der Waals surface area (Å²) in [6.07, 6.45) is 60.5. The fourth-order valence-corrected chi connectivity index (χ4v) is 8.57. The van der Waals surface area contributed by atoms with Crippen LogP contribution in [0, 0.1) is 0 Å². The predicted molar refractivity (Wildman–Crippen MR) is 321 cm³/mol. The summed E-state index contributed by atoms with van der Waals surface area (Å²) in [5.41, 5.74) is 0. The summed E-state index contributed by atoms with van der Waals surface area (Å²) in [7, 11) is 0. The summed E-state index contributed by atoms with van der Waals surface area (Å²) in [6, 6.07) is 0. The van der Waals surface area contributed by atoms with Gasteiger partial charge >= 0.3 is 23.9 Å². The second kappa shape index (κ2) is 54.0. The van der Waals surface area contributed by atoms with Crippen molar-refractivity contribution in [2.45, 2.75) is 276 Å². The van der Waals surface area contributed by atoms with Crippen LogP contribution in [0.1, 0.15) is 239 Å². The lowest BCUT2D eigenvalue weighted by Crippen LogP contribution is -2.61. The first-order chi connectivity index (χ1) is 38.6. The minimum Gasteiger partial charge on any atom is -0.479 e. The molecule has 0 amide bonds. The molecule has 1 rings (SSSR count). The molecule has 0 aromatic carbocycles. The van der Waals surface area contributed by atoms with E-state index in [-0.39, 0.29) is 25.9 Å². The molecule has 3 N–H and O–H groups in total. The van der Waals surface area contributed by atoms with Crippen molar-refractivity contribution in [3.8, 4) is 0 Å². The molecule has 448 valence electrons. The molecule has 0 saturated carbocycles. The minimum atomic E-state index is -1.93. The fraction of sp³-hybridized carbons (Fsp3) is 0.672. The number of hydrogen-bond donors (Lipinski definition) is 3. The highest BCUT2D eigenvalue weighted by Crippen LogP contribution is 2.26. The van der Waals surface area contributed by atoms with Crippen LogP contribution in [0.25, 0.3) is 0 Å². The highest BCUT2D eigenvalue weighted by atomic mass is 16.7. The largest absolute Gasteiger partial charge is 0.479 e. The number of esters is 3. The van der Waals surface area contributed by atoms with Gasteiger partial charge in [0.2, 0.25) is 0 Å². The van der Waals surface area contributed by atoms with Gasteiger partial charge in [-0.25, -0.2) is 4.79 Å². The lowest BCUT2D eigenvalue weighted by Gasteiger charge is -2.40. The molecule has 79 heavy (non-hydrogen) atoms. The molecule has 12 nitrogen and oxygen atoms in total. The van der Waals surface area contributed by atoms with E-state index in [1.807, 2.05) is 0 Å². The van der Waals surface area contributed by atoms with Gasteiger partial charge in [0.05, 0.1) is 6.61 Å². The topological polar surface area (TPSA) is 175 Å². The van der Waals surface area contributed by atoms with E-state index in [2.05, 4.69) is 130 Å². The van der Waals surface area contributed by atoms with Crippen LogP contribution in [0.2, 0.25) is 0 Å². The first-order valence-electron chi connectivity index (χ1n) is 30.9. The van der Waals surface area contributed by atoms with Crippen LogP contribution in [-0.2, 0) is 42.9 Å². The zero-order valence-electron chi connectivity index (χ0n) is 49.3. The van der Waals surface area contributed by atoms with Gasteiger partial charge in [0, 0.05) is 19.3 Å². The Morgan fingerprint density at radius 1 is 0.430 bits per heavy atom. The Morgan fingerprint density at radius 3 is 1.24 bits per heavy atom. The zero-order valence-corrected chi connectivity index (χ0v) is 49.3. The maximum Gasteiger partial charge on any atom is 0.335 e. The number of allylic oxidation sites excluding steroid dienone is 18. The average molecular weight is 1110 g/mol. The molecule has 1 fully saturated rings. The van der Waals surface area contributed by atoms with E-state index in [1.54, 1.807) is 0 Å². The Hall–Kier alpha value is -4.62. The standard InChI is InChI=1S/C67H108O12/c1-4-7-10-13-16-19-22-25-28-29-30-31-34-35-38-41-44-47-50-53-59(68)75-56-58(77-60(69)54-51-48-45-42-39-36-32-26-23-20-17-14-11-8-5-2)57-76-67-65(63(72)62(71)64(79-67)66(73)74)78-61(70)55-52-49-46-43-40-37-33-27-24-21-18-15-12-9-6-3/h9,12,16-21,25-28,30-33,40,43,58,62-65,67,71-72H,4-8,10-11,13-15,22-24,29,34-39,41-42,44-57H2,1-3H3,(H,73,74)/b12-9-,19-16-,20-17-,21-18-,28-25-,31-30-,32-26-,33-27-,43-40-. The minimum absolute atomic E-state index is 0.000118. The molecule has 1 heterocycles. The molecule has 0 spiro atoms. The fourth-order valence-electron chi connectivity index (χ4n) is 8.57. The van der Waals surface area contributed by atoms with E-state index in [9.17, 15) is 34.5 Å². The zero-order chi connectivity index (χ0) is 57.5. The summed E-state index contributed by atoms with van der Waals surface area (Å²) in [5, 5.41) is 31.5. The van der Waals surface area contributed by atoms with Crippen molar-refractivity contribution in [1.82, 2.24) is 0 Å². The van der Waals surface area contributed by atoms with Crippen molar-refractivity contribution >= 4 is 23.9 Å². The number of rotatable bonds is 51. The molecular weight excluding hydrogens is 997 g/mol. The lowest BCUT2D eigenvalue weighted by atomic mass is 9.98. The van der Waals surface area contributed by atoms with Crippen LogP contribution in [0.15, 0.2) is 109 Å². The van der Waals surface area contributed by atoms with Gasteiger partial charge in [0.25, 0.3) is 0 Å². The Bertz CT molecular complexity index is 1790. The van der Waals surface area contributed by atoms with Crippen LogP contribution in [0.5, 0.6) is 0 Å². The number of ether oxygens (including phenoxy) is 5. The van der Waals surface area contributed by atoms with E-state index in [4.69, 9.17) is 23.7 Å². The third-order valence-corrected chi connectivity index (χ3v) is 13.3. The molecule has 0 aromatic heterocycles. The molecule has 12 heteroatoms. The number of unbranched alkanes of at least 4 members (excludes halogenated alkanes) is 19. The maximum atomic E-state index is 13.2. The molecule has 0 aliphatic carbocycles. The van der Waals surface area contributed by atoms with Crippen molar-refractivity contribution in [2.24, 2.45) is 0 Å². The monoisotopic (exact) mass is 1100 g/mol.